The Kier molecular flexibility index (Phi) is 8.02. The molecule has 38 heavy (non-hydrogen) atoms. The van der Waals surface area contributed by atoms with Gasteiger partial charge in [0.25, 0.3) is 0 Å². The average Bonchev–Trinajstić information content (AvgIpc) is 3.47. The second kappa shape index (κ2) is 11.2. The Morgan fingerprint density at radius 1 is 1.37 bits per heavy atom. The molecular formula is C22H24N7O8P. The van der Waals surface area contributed by atoms with E-state index in [0.29, 0.717) is 11.3 Å². The highest BCUT2D eigenvalue weighted by Crippen LogP contribution is 2.40. The number of rotatable bonds is 9. The van der Waals surface area contributed by atoms with Crippen LogP contribution in [0.25, 0.3) is 5.52 Å². The minimum absolute atomic E-state index is 0.171. The minimum atomic E-state index is -2.52. The van der Waals surface area contributed by atoms with Gasteiger partial charge in [0.15, 0.2) is 11.6 Å². The molecule has 1 fully saturated rings. The van der Waals surface area contributed by atoms with E-state index in [1.165, 1.54) is 55.2 Å². The van der Waals surface area contributed by atoms with E-state index in [-0.39, 0.29) is 23.9 Å². The molecule has 200 valence electrons. The first-order valence-electron chi connectivity index (χ1n) is 11.2. The van der Waals surface area contributed by atoms with Gasteiger partial charge in [0.1, 0.15) is 54.6 Å². The Morgan fingerprint density at radius 2 is 2.08 bits per heavy atom. The highest BCUT2D eigenvalue weighted by molar-refractivity contribution is 7.33. The van der Waals surface area contributed by atoms with Crippen LogP contribution >= 0.6 is 8.17 Å². The topological polar surface area (TPSA) is 222 Å². The molecule has 2 aromatic heterocycles. The molecule has 1 aliphatic rings. The normalized spacial score (nSPS) is 24.1. The molecule has 15 nitrogen and oxygen atoms in total. The number of hydrogen-bond donors (Lipinski definition) is 4. The molecule has 1 unspecified atom stereocenters. The van der Waals surface area contributed by atoms with Crippen molar-refractivity contribution < 1.29 is 38.6 Å². The summed E-state index contributed by atoms with van der Waals surface area (Å²) < 4.78 is 22.6. The summed E-state index contributed by atoms with van der Waals surface area (Å²) in [5, 5.41) is 35.5. The van der Waals surface area contributed by atoms with Gasteiger partial charge in [-0.1, -0.05) is 0 Å². The molecule has 5 N–H and O–H groups in total. The molecule has 6 atom stereocenters. The third-order valence-corrected chi connectivity index (χ3v) is 6.44. The summed E-state index contributed by atoms with van der Waals surface area (Å²) >= 11 is 0. The number of fused-ring (bicyclic) bond motifs is 1. The Bertz CT molecular complexity index is 1380. The van der Waals surface area contributed by atoms with E-state index in [4.69, 9.17) is 19.7 Å². The maximum atomic E-state index is 12.0. The zero-order chi connectivity index (χ0) is 27.4. The third-order valence-electron chi connectivity index (χ3n) is 5.80. The first kappa shape index (κ1) is 27.1. The Labute approximate surface area is 216 Å². The zero-order valence-corrected chi connectivity index (χ0v) is 21.1. The number of ether oxygens (including phenoxy) is 3. The van der Waals surface area contributed by atoms with Gasteiger partial charge < -0.3 is 35.1 Å². The number of benzene rings is 1. The number of methoxy groups -OCH3 is 1. The van der Waals surface area contributed by atoms with Gasteiger partial charge in [-0.2, -0.15) is 15.8 Å². The van der Waals surface area contributed by atoms with Crippen LogP contribution in [0.1, 0.15) is 12.6 Å². The summed E-state index contributed by atoms with van der Waals surface area (Å²) in [5.41, 5.74) is 6.88. The molecule has 1 aliphatic heterocycles. The van der Waals surface area contributed by atoms with E-state index in [0.717, 1.165) is 0 Å². The van der Waals surface area contributed by atoms with Crippen LogP contribution in [0.4, 0.5) is 5.82 Å². The number of nitrogens with one attached hydrogen (secondary N) is 1. The molecule has 16 heteroatoms. The van der Waals surface area contributed by atoms with Crippen molar-refractivity contribution in [3.05, 3.63) is 48.4 Å². The van der Waals surface area contributed by atoms with E-state index < -0.39 is 44.1 Å². The van der Waals surface area contributed by atoms with Crippen molar-refractivity contribution >= 4 is 25.5 Å². The summed E-state index contributed by atoms with van der Waals surface area (Å²) in [4.78, 5) is 30.8. The zero-order valence-electron chi connectivity index (χ0n) is 20.2. The van der Waals surface area contributed by atoms with Gasteiger partial charge in [-0.05, 0) is 43.3 Å². The standard InChI is InChI=1S/C22H24N7O8P/c1-12(21(32)34-2)27-28-38(33)37-14-5-3-13(4-6-14)35-9-16-18(30)19(31)22(10-23,36-16)17-8-7-15-20(24)25-11-26-29(15)17/h3-8,11-12,16,18-19,27,30-31H,9H2,1-2H3,(H2,24,25,26)/t12-,16+,18+,19+,22-/m0/s1. The van der Waals surface area contributed by atoms with E-state index >= 15 is 0 Å². The summed E-state index contributed by atoms with van der Waals surface area (Å²) in [6, 6.07) is 10.2. The van der Waals surface area contributed by atoms with Crippen molar-refractivity contribution in [3.8, 4) is 17.6 Å². The summed E-state index contributed by atoms with van der Waals surface area (Å²) in [5.74, 6) is 0.155. The van der Waals surface area contributed by atoms with E-state index in [1.807, 2.05) is 6.07 Å². The van der Waals surface area contributed by atoms with Gasteiger partial charge in [-0.15, -0.1) is 0 Å². The Balaban J connectivity index is 1.40. The second-order valence-corrected chi connectivity index (χ2v) is 9.04. The molecule has 0 spiro atoms. The largest absolute Gasteiger partial charge is 0.574 e. The number of carbonyl (C=O) groups excluding carboxylic acids is 1. The number of aliphatic hydroxyl groups is 2. The van der Waals surface area contributed by atoms with Gasteiger partial charge >= 0.3 is 14.1 Å². The van der Waals surface area contributed by atoms with Crippen LogP contribution in [0.2, 0.25) is 0 Å². The fourth-order valence-corrected chi connectivity index (χ4v) is 4.41. The van der Waals surface area contributed by atoms with E-state index in [1.54, 1.807) is 6.07 Å². The summed E-state index contributed by atoms with van der Waals surface area (Å²) in [7, 11) is -1.30. The number of hydrogen-bond acceptors (Lipinski definition) is 13. The predicted molar refractivity (Wildman–Crippen MR) is 128 cm³/mol. The van der Waals surface area contributed by atoms with Crippen molar-refractivity contribution in [3.63, 3.8) is 0 Å². The van der Waals surface area contributed by atoms with Crippen LogP contribution in [0, 0.1) is 11.3 Å². The maximum Gasteiger partial charge on any atom is 0.412 e. The van der Waals surface area contributed by atoms with Crippen molar-refractivity contribution in [1.29, 1.82) is 5.26 Å². The van der Waals surface area contributed by atoms with Crippen molar-refractivity contribution in [2.75, 3.05) is 19.5 Å². The lowest BCUT2D eigenvalue weighted by molar-refractivity contribution is -0.169. The average molecular weight is 545 g/mol. The lowest BCUT2D eigenvalue weighted by Crippen LogP contribution is -2.41. The van der Waals surface area contributed by atoms with Gasteiger partial charge in [0.05, 0.1) is 12.8 Å². The lowest BCUT2D eigenvalue weighted by atomic mass is 9.92. The Morgan fingerprint density at radius 3 is 2.76 bits per heavy atom. The number of nitrogen functional groups attached to an aromatic ring is 1. The monoisotopic (exact) mass is 545 g/mol. The smallest absolute Gasteiger partial charge is 0.412 e. The number of anilines is 1. The lowest BCUT2D eigenvalue weighted by Gasteiger charge is -2.24. The molecule has 0 amide bonds. The fourth-order valence-electron chi connectivity index (χ4n) is 3.80. The molecule has 1 saturated heterocycles. The first-order chi connectivity index (χ1) is 18.2. The highest BCUT2D eigenvalue weighted by Gasteiger charge is 2.57. The second-order valence-electron chi connectivity index (χ2n) is 8.19. The highest BCUT2D eigenvalue weighted by atomic mass is 31.1. The molecule has 3 heterocycles. The van der Waals surface area contributed by atoms with Gasteiger partial charge in [-0.3, -0.25) is 9.32 Å². The van der Waals surface area contributed by atoms with E-state index in [9.17, 15) is 25.2 Å². The molecule has 0 aliphatic carbocycles. The van der Waals surface area contributed by atoms with Gasteiger partial charge in [0.2, 0.25) is 5.60 Å². The molecule has 0 bridgehead atoms. The number of nitriles is 1. The van der Waals surface area contributed by atoms with Gasteiger partial charge in [0, 0.05) is 4.85 Å². The van der Waals surface area contributed by atoms with Crippen LogP contribution in [0.5, 0.6) is 11.5 Å². The number of nitrogens with zero attached hydrogens (tertiary/aromatic N) is 5. The molecule has 1 aromatic carbocycles. The third kappa shape index (κ3) is 5.22. The molecule has 3 aromatic rings. The van der Waals surface area contributed by atoms with Crippen LogP contribution in [0.3, 0.4) is 0 Å². The molecule has 0 radical (unpaired) electrons. The number of nitrogens with two attached hydrogens (primary N) is 1. The summed E-state index contributed by atoms with van der Waals surface area (Å²) in [6.45, 7) is 1.28. The summed E-state index contributed by atoms with van der Waals surface area (Å²) in [6.07, 6.45) is -2.93. The Hall–Kier alpha value is -3.90. The van der Waals surface area contributed by atoms with Crippen molar-refractivity contribution in [2.45, 2.75) is 36.9 Å². The van der Waals surface area contributed by atoms with Crippen molar-refractivity contribution in [2.24, 2.45) is 4.85 Å². The number of carbonyl (C=O) groups is 1. The van der Waals surface area contributed by atoms with E-state index in [2.05, 4.69) is 25.1 Å². The van der Waals surface area contributed by atoms with Crippen LogP contribution in [0.15, 0.2) is 47.6 Å². The number of aromatic nitrogens is 3. The van der Waals surface area contributed by atoms with Crippen molar-refractivity contribution in [1.82, 2.24) is 20.0 Å². The van der Waals surface area contributed by atoms with Gasteiger partial charge in [-0.25, -0.2) is 9.50 Å². The quantitative estimate of drug-likeness (QED) is 0.152. The maximum absolute atomic E-state index is 12.0. The SMILES string of the molecule is COC(=O)[C@H](C)N/N=[P+](\[O-])Oc1ccc(OC[C@H]2O[C@@](C#N)(c3ccc4c(N)ncnn34)[C@H](O)[C@@H]2O)cc1. The predicted octanol–water partition coefficient (Wildman–Crippen LogP) is -0.469. The molecular weight excluding hydrogens is 521 g/mol. The number of aliphatic hydroxyl groups excluding tert-OH is 2. The van der Waals surface area contributed by atoms with Crippen LogP contribution < -0.4 is 25.3 Å². The number of esters is 1. The molecule has 0 saturated carbocycles. The van der Waals surface area contributed by atoms with Crippen LogP contribution in [-0.4, -0.2) is 68.9 Å². The molecule has 4 rings (SSSR count). The fraction of sp³-hybridized carbons (Fsp3) is 0.364. The van der Waals surface area contributed by atoms with Crippen LogP contribution in [-0.2, 0) is 19.9 Å². The minimum Gasteiger partial charge on any atom is -0.574 e. The first-order valence-corrected chi connectivity index (χ1v) is 12.3.